The van der Waals surface area contributed by atoms with Crippen molar-refractivity contribution in [1.29, 1.82) is 0 Å². The molecule has 0 aliphatic heterocycles. The first-order valence-electron chi connectivity index (χ1n) is 7.87. The van der Waals surface area contributed by atoms with Crippen molar-refractivity contribution in [3.8, 4) is 0 Å². The first-order valence-corrected chi connectivity index (χ1v) is 7.87. The van der Waals surface area contributed by atoms with E-state index >= 15 is 0 Å². The third kappa shape index (κ3) is 6.22. The number of benzene rings is 2. The van der Waals surface area contributed by atoms with Gasteiger partial charge in [-0.2, -0.15) is 0 Å². The van der Waals surface area contributed by atoms with Gasteiger partial charge in [-0.3, -0.25) is 9.69 Å². The van der Waals surface area contributed by atoms with Gasteiger partial charge in [0.15, 0.2) is 0 Å². The summed E-state index contributed by atoms with van der Waals surface area (Å²) in [6.07, 6.45) is -0.0310. The Morgan fingerprint density at radius 1 is 1.09 bits per heavy atom. The molecule has 0 saturated heterocycles. The van der Waals surface area contributed by atoms with Crippen LogP contribution in [0.2, 0.25) is 0 Å². The fraction of sp³-hybridized carbons (Fsp3) is 0.316. The Bertz CT molecular complexity index is 587. The van der Waals surface area contributed by atoms with E-state index in [9.17, 15) is 9.90 Å². The molecule has 23 heavy (non-hydrogen) atoms. The van der Waals surface area contributed by atoms with Crippen molar-refractivity contribution >= 4 is 5.91 Å². The second kappa shape index (κ2) is 9.08. The Hall–Kier alpha value is -2.17. The number of rotatable bonds is 8. The highest BCUT2D eigenvalue weighted by Crippen LogP contribution is 2.14. The highest BCUT2D eigenvalue weighted by atomic mass is 16.3. The van der Waals surface area contributed by atoms with Gasteiger partial charge in [-0.05, 0) is 24.6 Å². The number of carbonyl (C=O) groups excluding carboxylic acids is 1. The van der Waals surface area contributed by atoms with E-state index in [1.807, 2.05) is 72.6 Å². The lowest BCUT2D eigenvalue weighted by molar-refractivity contribution is -0.122. The Balaban J connectivity index is 1.67. The van der Waals surface area contributed by atoms with Crippen LogP contribution in [0, 0.1) is 0 Å². The van der Waals surface area contributed by atoms with Gasteiger partial charge in [0.1, 0.15) is 0 Å². The maximum atomic E-state index is 11.9. The number of aliphatic hydroxyl groups is 1. The number of hydrogen-bond acceptors (Lipinski definition) is 3. The second-order valence-electron chi connectivity index (χ2n) is 5.72. The summed E-state index contributed by atoms with van der Waals surface area (Å²) in [5.74, 6) is -0.0244. The Morgan fingerprint density at radius 2 is 1.70 bits per heavy atom. The molecular formula is C19H24N2O2. The fourth-order valence-electron chi connectivity index (χ4n) is 2.44. The summed E-state index contributed by atoms with van der Waals surface area (Å²) in [6.45, 7) is 1.55. The van der Waals surface area contributed by atoms with E-state index in [1.54, 1.807) is 0 Å². The Kier molecular flexibility index (Phi) is 6.78. The van der Waals surface area contributed by atoms with Crippen LogP contribution in [0.25, 0.3) is 0 Å². The molecule has 4 heteroatoms. The molecule has 2 rings (SSSR count). The minimum absolute atomic E-state index is 0.0244. The average molecular weight is 312 g/mol. The molecule has 1 unspecified atom stereocenters. The van der Waals surface area contributed by atoms with Crippen molar-refractivity contribution < 1.29 is 9.90 Å². The van der Waals surface area contributed by atoms with Gasteiger partial charge in [0.2, 0.25) is 5.91 Å². The lowest BCUT2D eigenvalue weighted by Gasteiger charge is -2.17. The van der Waals surface area contributed by atoms with Crippen molar-refractivity contribution in [2.45, 2.75) is 19.1 Å². The molecule has 0 aromatic heterocycles. The third-order valence-corrected chi connectivity index (χ3v) is 3.63. The maximum absolute atomic E-state index is 11.9. The summed E-state index contributed by atoms with van der Waals surface area (Å²) >= 11 is 0. The van der Waals surface area contributed by atoms with E-state index in [4.69, 9.17) is 0 Å². The number of nitrogens with one attached hydrogen (secondary N) is 1. The highest BCUT2D eigenvalue weighted by Gasteiger charge is 2.09. The number of aliphatic hydroxyl groups excluding tert-OH is 1. The monoisotopic (exact) mass is 312 g/mol. The molecule has 0 fully saturated rings. The normalized spacial score (nSPS) is 12.1. The summed E-state index contributed by atoms with van der Waals surface area (Å²) < 4.78 is 0. The molecule has 2 aromatic carbocycles. The van der Waals surface area contributed by atoms with Crippen LogP contribution < -0.4 is 5.32 Å². The first-order chi connectivity index (χ1) is 11.1. The van der Waals surface area contributed by atoms with Gasteiger partial charge >= 0.3 is 0 Å². The molecular weight excluding hydrogens is 288 g/mol. The van der Waals surface area contributed by atoms with Crippen LogP contribution in [0.3, 0.4) is 0 Å². The van der Waals surface area contributed by atoms with Gasteiger partial charge in [0.05, 0.1) is 12.6 Å². The number of likely N-dealkylation sites (N-methyl/N-ethyl adjacent to an activating group) is 1. The summed E-state index contributed by atoms with van der Waals surface area (Å²) in [6, 6.07) is 19.6. The maximum Gasteiger partial charge on any atom is 0.234 e. The predicted octanol–water partition coefficient (Wildman–Crippen LogP) is 2.36. The van der Waals surface area contributed by atoms with Crippen molar-refractivity contribution in [1.82, 2.24) is 10.2 Å². The van der Waals surface area contributed by atoms with Crippen molar-refractivity contribution in [3.63, 3.8) is 0 Å². The van der Waals surface area contributed by atoms with Gasteiger partial charge < -0.3 is 10.4 Å². The van der Waals surface area contributed by atoms with Crippen molar-refractivity contribution in [2.75, 3.05) is 20.1 Å². The molecule has 4 nitrogen and oxygen atoms in total. The topological polar surface area (TPSA) is 52.6 Å². The van der Waals surface area contributed by atoms with Crippen LogP contribution in [0.15, 0.2) is 60.7 Å². The van der Waals surface area contributed by atoms with Gasteiger partial charge in [0.25, 0.3) is 0 Å². The van der Waals surface area contributed by atoms with Gasteiger partial charge in [-0.15, -0.1) is 0 Å². The highest BCUT2D eigenvalue weighted by molar-refractivity contribution is 5.77. The summed E-state index contributed by atoms with van der Waals surface area (Å²) in [7, 11) is 1.92. The first kappa shape index (κ1) is 17.2. The third-order valence-electron chi connectivity index (χ3n) is 3.63. The van der Waals surface area contributed by atoms with Gasteiger partial charge in [-0.1, -0.05) is 60.7 Å². The molecule has 1 amide bonds. The van der Waals surface area contributed by atoms with Crippen LogP contribution in [0.4, 0.5) is 0 Å². The zero-order valence-electron chi connectivity index (χ0n) is 13.5. The van der Waals surface area contributed by atoms with Crippen molar-refractivity contribution in [3.05, 3.63) is 71.8 Å². The van der Waals surface area contributed by atoms with Gasteiger partial charge in [-0.25, -0.2) is 0 Å². The molecule has 0 bridgehead atoms. The van der Waals surface area contributed by atoms with Crippen LogP contribution in [0.1, 0.15) is 23.7 Å². The van der Waals surface area contributed by atoms with E-state index in [1.165, 1.54) is 5.56 Å². The molecule has 2 aromatic rings. The van der Waals surface area contributed by atoms with E-state index < -0.39 is 6.10 Å². The number of nitrogens with zero attached hydrogens (tertiary/aromatic N) is 1. The molecule has 0 aliphatic carbocycles. The number of carbonyl (C=O) groups is 1. The van der Waals surface area contributed by atoms with Gasteiger partial charge in [0, 0.05) is 13.1 Å². The molecule has 1 atom stereocenters. The molecule has 122 valence electrons. The minimum atomic E-state index is -0.543. The minimum Gasteiger partial charge on any atom is -0.388 e. The van der Waals surface area contributed by atoms with E-state index in [0.717, 1.165) is 12.1 Å². The molecule has 0 heterocycles. The molecule has 0 radical (unpaired) electrons. The number of amides is 1. The quantitative estimate of drug-likeness (QED) is 0.787. The largest absolute Gasteiger partial charge is 0.388 e. The van der Waals surface area contributed by atoms with Crippen LogP contribution in [-0.2, 0) is 11.3 Å². The Labute approximate surface area is 137 Å². The zero-order valence-corrected chi connectivity index (χ0v) is 13.5. The summed E-state index contributed by atoms with van der Waals surface area (Å²) in [5.41, 5.74) is 2.06. The smallest absolute Gasteiger partial charge is 0.234 e. The van der Waals surface area contributed by atoms with Crippen molar-refractivity contribution in [2.24, 2.45) is 0 Å². The lowest BCUT2D eigenvalue weighted by atomic mass is 10.1. The molecule has 0 saturated carbocycles. The van der Waals surface area contributed by atoms with E-state index in [-0.39, 0.29) is 5.91 Å². The fourth-order valence-corrected chi connectivity index (χ4v) is 2.44. The average Bonchev–Trinajstić information content (AvgIpc) is 2.56. The zero-order chi connectivity index (χ0) is 16.5. The number of hydrogen-bond donors (Lipinski definition) is 2. The van der Waals surface area contributed by atoms with E-state index in [0.29, 0.717) is 19.5 Å². The molecule has 2 N–H and O–H groups in total. The SMILES string of the molecule is CN(CC(=O)NCCC(O)c1ccccc1)Cc1ccccc1. The standard InChI is InChI=1S/C19H24N2O2/c1-21(14-16-8-4-2-5-9-16)15-19(23)20-13-12-18(22)17-10-6-3-7-11-17/h2-11,18,22H,12-15H2,1H3,(H,20,23). The summed E-state index contributed by atoms with van der Waals surface area (Å²) in [4.78, 5) is 13.9. The van der Waals surface area contributed by atoms with Crippen LogP contribution >= 0.6 is 0 Å². The van der Waals surface area contributed by atoms with E-state index in [2.05, 4.69) is 5.32 Å². The Morgan fingerprint density at radius 3 is 2.35 bits per heavy atom. The van der Waals surface area contributed by atoms with Crippen LogP contribution in [-0.4, -0.2) is 36.1 Å². The molecule has 0 aliphatic rings. The summed E-state index contributed by atoms with van der Waals surface area (Å²) in [5, 5.41) is 12.9. The second-order valence-corrected chi connectivity index (χ2v) is 5.72. The van der Waals surface area contributed by atoms with Crippen LogP contribution in [0.5, 0.6) is 0 Å². The lowest BCUT2D eigenvalue weighted by Crippen LogP contribution is -2.35. The molecule has 0 spiro atoms. The predicted molar refractivity (Wildman–Crippen MR) is 91.8 cm³/mol.